The zero-order valence-corrected chi connectivity index (χ0v) is 16.1. The number of hydrogen-bond donors (Lipinski definition) is 1. The second-order valence-corrected chi connectivity index (χ2v) is 6.97. The van der Waals surface area contributed by atoms with Gasteiger partial charge in [0, 0.05) is 12.5 Å². The molecule has 28 heavy (non-hydrogen) atoms. The lowest BCUT2D eigenvalue weighted by Crippen LogP contribution is -2.58. The van der Waals surface area contributed by atoms with Gasteiger partial charge in [-0.1, -0.05) is 6.92 Å². The molecule has 144 valence electrons. The second kappa shape index (κ2) is 6.41. The molecule has 1 aromatic carbocycles. The molecule has 0 aliphatic carbocycles. The van der Waals surface area contributed by atoms with E-state index in [1.807, 2.05) is 19.1 Å². The van der Waals surface area contributed by atoms with Crippen LogP contribution in [-0.2, 0) is 9.47 Å². The lowest BCUT2D eigenvalue weighted by Gasteiger charge is -2.48. The summed E-state index contributed by atoms with van der Waals surface area (Å²) >= 11 is 0. The predicted molar refractivity (Wildman–Crippen MR) is 96.1 cm³/mol. The van der Waals surface area contributed by atoms with Crippen LogP contribution in [0, 0.1) is 56.2 Å². The van der Waals surface area contributed by atoms with Crippen molar-refractivity contribution in [3.8, 4) is 29.7 Å². The fourth-order valence-corrected chi connectivity index (χ4v) is 4.55. The summed E-state index contributed by atoms with van der Waals surface area (Å²) in [6.07, 6.45) is -0.803. The number of nitrogens with zero attached hydrogens (tertiary/aromatic N) is 3. The van der Waals surface area contributed by atoms with Crippen molar-refractivity contribution < 1.29 is 18.9 Å². The molecule has 4 unspecified atom stereocenters. The number of nitrogens with one attached hydrogen (secondary N) is 1. The molecule has 0 amide bonds. The Morgan fingerprint density at radius 3 is 2.32 bits per heavy atom. The topological polar surface area (TPSA) is 132 Å². The van der Waals surface area contributed by atoms with Crippen LogP contribution in [0.4, 0.5) is 0 Å². The van der Waals surface area contributed by atoms with Crippen LogP contribution < -0.4 is 9.47 Å². The Kier molecular flexibility index (Phi) is 4.46. The minimum Gasteiger partial charge on any atom is -0.497 e. The summed E-state index contributed by atoms with van der Waals surface area (Å²) in [5.41, 5.74) is -3.42. The van der Waals surface area contributed by atoms with E-state index in [-0.39, 0.29) is 0 Å². The summed E-state index contributed by atoms with van der Waals surface area (Å²) in [5.74, 6) is -1.57. The number of ether oxygens (including phenoxy) is 4. The first kappa shape index (κ1) is 19.5. The first-order valence-corrected chi connectivity index (χ1v) is 8.75. The Morgan fingerprint density at radius 2 is 1.82 bits per heavy atom. The first-order valence-electron chi connectivity index (χ1n) is 8.75. The van der Waals surface area contributed by atoms with E-state index in [0.29, 0.717) is 23.5 Å². The zero-order chi connectivity index (χ0) is 20.7. The molecule has 2 bridgehead atoms. The van der Waals surface area contributed by atoms with Crippen molar-refractivity contribution in [2.24, 2.45) is 16.7 Å². The van der Waals surface area contributed by atoms with Gasteiger partial charge in [0.05, 0.1) is 38.3 Å². The number of rotatable bonds is 4. The van der Waals surface area contributed by atoms with Gasteiger partial charge in [-0.25, -0.2) is 0 Å². The predicted octanol–water partition coefficient (Wildman–Crippen LogP) is 3.07. The van der Waals surface area contributed by atoms with Gasteiger partial charge in [0.1, 0.15) is 17.6 Å². The fraction of sp³-hybridized carbons (Fsp3) is 0.500. The van der Waals surface area contributed by atoms with Crippen LogP contribution in [0.25, 0.3) is 0 Å². The molecule has 1 N–H and O–H groups in total. The van der Waals surface area contributed by atoms with Gasteiger partial charge in [-0.2, -0.15) is 15.8 Å². The van der Waals surface area contributed by atoms with Crippen molar-refractivity contribution in [3.63, 3.8) is 0 Å². The largest absolute Gasteiger partial charge is 0.497 e. The van der Waals surface area contributed by atoms with Crippen LogP contribution in [0.15, 0.2) is 18.2 Å². The maximum Gasteiger partial charge on any atom is 0.214 e. The first-order chi connectivity index (χ1) is 13.3. The number of methoxy groups -OCH3 is 2. The van der Waals surface area contributed by atoms with E-state index in [9.17, 15) is 15.8 Å². The average molecular weight is 380 g/mol. The van der Waals surface area contributed by atoms with E-state index in [1.165, 1.54) is 14.2 Å². The van der Waals surface area contributed by atoms with Crippen LogP contribution in [0.5, 0.6) is 11.5 Å². The SMILES string of the molecule is CCC1C2(C)OC(=N)C1(C#N)C(C#N)(C#N)C(c1cc(OC)ccc1OC)O2. The van der Waals surface area contributed by atoms with Gasteiger partial charge in [-0.3, -0.25) is 5.41 Å². The quantitative estimate of drug-likeness (QED) is 0.848. The van der Waals surface area contributed by atoms with E-state index >= 15 is 0 Å². The Morgan fingerprint density at radius 1 is 1.14 bits per heavy atom. The van der Waals surface area contributed by atoms with Gasteiger partial charge in [0.15, 0.2) is 5.41 Å². The van der Waals surface area contributed by atoms with Crippen LogP contribution in [0.1, 0.15) is 31.9 Å². The molecule has 8 nitrogen and oxygen atoms in total. The highest BCUT2D eigenvalue weighted by molar-refractivity contribution is 5.89. The lowest BCUT2D eigenvalue weighted by atomic mass is 9.53. The van der Waals surface area contributed by atoms with Crippen molar-refractivity contribution in [3.05, 3.63) is 23.8 Å². The smallest absolute Gasteiger partial charge is 0.214 e. The maximum absolute atomic E-state index is 10.2. The minimum absolute atomic E-state index is 0.373. The Labute approximate surface area is 163 Å². The number of fused-ring (bicyclic) bond motifs is 2. The standard InChI is InChI=1S/C20H20N4O4/c1-5-15-18(2)27-16(13-8-12(25-3)6-7-14(13)26-4)19(9-21,10-22)20(15,11-23)17(24)28-18/h6-8,15-16,24H,5H2,1-4H3. The van der Waals surface area contributed by atoms with Crippen LogP contribution in [0.3, 0.4) is 0 Å². The molecule has 1 aromatic rings. The summed E-state index contributed by atoms with van der Waals surface area (Å²) in [6, 6.07) is 11.0. The lowest BCUT2D eigenvalue weighted by molar-refractivity contribution is -0.273. The molecule has 2 fully saturated rings. The highest BCUT2D eigenvalue weighted by atomic mass is 16.7. The third-order valence-corrected chi connectivity index (χ3v) is 5.84. The maximum atomic E-state index is 10.2. The number of hydrogen-bond acceptors (Lipinski definition) is 8. The molecule has 2 aliphatic heterocycles. The van der Waals surface area contributed by atoms with E-state index in [1.54, 1.807) is 25.1 Å². The van der Waals surface area contributed by atoms with E-state index in [4.69, 9.17) is 24.4 Å². The minimum atomic E-state index is -2.02. The molecule has 2 heterocycles. The molecule has 2 saturated heterocycles. The van der Waals surface area contributed by atoms with Gasteiger partial charge < -0.3 is 18.9 Å². The van der Waals surface area contributed by atoms with E-state index < -0.39 is 34.5 Å². The fourth-order valence-electron chi connectivity index (χ4n) is 4.55. The van der Waals surface area contributed by atoms with Crippen molar-refractivity contribution in [2.45, 2.75) is 32.2 Å². The Hall–Kier alpha value is -3.28. The van der Waals surface area contributed by atoms with Crippen LogP contribution in [-0.4, -0.2) is 25.9 Å². The molecule has 0 radical (unpaired) electrons. The van der Waals surface area contributed by atoms with Gasteiger partial charge >= 0.3 is 0 Å². The second-order valence-electron chi connectivity index (χ2n) is 6.97. The summed E-state index contributed by atoms with van der Waals surface area (Å²) in [7, 11) is 2.95. The molecule has 0 aromatic heterocycles. The number of benzene rings is 1. The highest BCUT2D eigenvalue weighted by Gasteiger charge is 2.79. The molecular formula is C20H20N4O4. The molecular weight excluding hydrogens is 360 g/mol. The summed E-state index contributed by atoms with van der Waals surface area (Å²) < 4.78 is 22.6. The van der Waals surface area contributed by atoms with Crippen molar-refractivity contribution in [1.82, 2.24) is 0 Å². The van der Waals surface area contributed by atoms with Crippen LogP contribution in [0.2, 0.25) is 0 Å². The van der Waals surface area contributed by atoms with Crippen molar-refractivity contribution in [1.29, 1.82) is 21.2 Å². The van der Waals surface area contributed by atoms with Gasteiger partial charge in [0.2, 0.25) is 17.1 Å². The molecule has 0 spiro atoms. The third kappa shape index (κ3) is 2.08. The average Bonchev–Trinajstić information content (AvgIpc) is 2.89. The van der Waals surface area contributed by atoms with Crippen molar-refractivity contribution in [2.75, 3.05) is 14.2 Å². The van der Waals surface area contributed by atoms with Gasteiger partial charge in [0.25, 0.3) is 0 Å². The monoisotopic (exact) mass is 380 g/mol. The van der Waals surface area contributed by atoms with Gasteiger partial charge in [-0.05, 0) is 24.6 Å². The molecule has 4 atom stereocenters. The number of nitriles is 3. The van der Waals surface area contributed by atoms with E-state index in [0.717, 1.165) is 0 Å². The molecule has 8 heteroatoms. The van der Waals surface area contributed by atoms with Gasteiger partial charge in [-0.15, -0.1) is 0 Å². The summed E-state index contributed by atoms with van der Waals surface area (Å²) in [6.45, 7) is 3.44. The third-order valence-electron chi connectivity index (χ3n) is 5.84. The van der Waals surface area contributed by atoms with Crippen molar-refractivity contribution >= 4 is 5.90 Å². The highest BCUT2D eigenvalue weighted by Crippen LogP contribution is 2.67. The normalized spacial score (nSPS) is 32.4. The van der Waals surface area contributed by atoms with E-state index in [2.05, 4.69) is 6.07 Å². The van der Waals surface area contributed by atoms with Crippen LogP contribution >= 0.6 is 0 Å². The molecule has 0 saturated carbocycles. The molecule has 3 rings (SSSR count). The Balaban J connectivity index is 2.37. The Bertz CT molecular complexity index is 942. The molecule has 2 aliphatic rings. The summed E-state index contributed by atoms with van der Waals surface area (Å²) in [5, 5.41) is 38.9. The zero-order valence-electron chi connectivity index (χ0n) is 16.1. The summed E-state index contributed by atoms with van der Waals surface area (Å²) in [4.78, 5) is 0.